The highest BCUT2D eigenvalue weighted by Gasteiger charge is 2.52. The molecule has 3 aromatic rings. The Morgan fingerprint density at radius 3 is 2.66 bits per heavy atom. The molecule has 3 heterocycles. The second kappa shape index (κ2) is 9.15. The Labute approximate surface area is 193 Å². The Balaban J connectivity index is 1.61. The van der Waals surface area contributed by atoms with Crippen LogP contribution in [0.2, 0.25) is 5.02 Å². The van der Waals surface area contributed by atoms with Crippen molar-refractivity contribution in [2.75, 3.05) is 6.61 Å². The summed E-state index contributed by atoms with van der Waals surface area (Å²) < 4.78 is 18.7. The number of aromatic nitrogens is 1. The number of nitrogens with zero attached hydrogens (tertiary/aromatic N) is 1. The third kappa shape index (κ3) is 4.32. The predicted octanol–water partition coefficient (Wildman–Crippen LogP) is 3.09. The maximum Gasteiger partial charge on any atom is 0.222 e. The number of aliphatic hydroxyl groups is 4. The summed E-state index contributed by atoms with van der Waals surface area (Å²) >= 11 is 7.90. The molecule has 0 spiro atoms. The quantitative estimate of drug-likeness (QED) is 0.419. The van der Waals surface area contributed by atoms with Crippen molar-refractivity contribution in [3.8, 4) is 10.4 Å². The van der Waals surface area contributed by atoms with Gasteiger partial charge in [-0.05, 0) is 42.0 Å². The van der Waals surface area contributed by atoms with Gasteiger partial charge in [-0.15, -0.1) is 11.3 Å². The second-order valence-electron chi connectivity index (χ2n) is 7.95. The van der Waals surface area contributed by atoms with Gasteiger partial charge in [-0.25, -0.2) is 4.98 Å². The predicted molar refractivity (Wildman–Crippen MR) is 119 cm³/mol. The number of benzene rings is 1. The highest BCUT2D eigenvalue weighted by molar-refractivity contribution is 7.15. The molecule has 4 rings (SSSR count). The number of hydrogen-bond donors (Lipinski definition) is 4. The van der Waals surface area contributed by atoms with Gasteiger partial charge in [0, 0.05) is 44.4 Å². The first-order chi connectivity index (χ1) is 15.2. The number of pyridine rings is 1. The van der Waals surface area contributed by atoms with Crippen molar-refractivity contribution in [3.63, 3.8) is 0 Å². The molecule has 9 heteroatoms. The first-order valence-corrected chi connectivity index (χ1v) is 11.3. The van der Waals surface area contributed by atoms with Gasteiger partial charge < -0.3 is 25.2 Å². The average Bonchev–Trinajstić information content (AvgIpc) is 3.25. The molecule has 0 saturated carbocycles. The summed E-state index contributed by atoms with van der Waals surface area (Å²) in [5.41, 5.74) is 1.72. The summed E-state index contributed by atoms with van der Waals surface area (Å²) in [4.78, 5) is 5.58. The van der Waals surface area contributed by atoms with Crippen molar-refractivity contribution in [3.05, 3.63) is 75.6 Å². The number of rotatable bonds is 5. The Morgan fingerprint density at radius 2 is 1.97 bits per heavy atom. The number of ether oxygens (including phenoxy) is 1. The van der Waals surface area contributed by atoms with Crippen LogP contribution in [0, 0.1) is 11.9 Å². The number of aliphatic hydroxyl groups excluding tert-OH is 3. The molecule has 0 aliphatic carbocycles. The SMILES string of the molecule is C[C@@H]1C(CO)OC(O)(c2ccc(Cl)c(Cc3ccc(-c4ccc(F)nc4)s3)c2)[C@H](O)[C@H]1O. The highest BCUT2D eigenvalue weighted by Crippen LogP contribution is 2.40. The van der Waals surface area contributed by atoms with Crippen LogP contribution < -0.4 is 0 Å². The third-order valence-electron chi connectivity index (χ3n) is 5.86. The van der Waals surface area contributed by atoms with Gasteiger partial charge in [-0.1, -0.05) is 24.6 Å². The molecule has 5 atom stereocenters. The van der Waals surface area contributed by atoms with Crippen LogP contribution in [0.5, 0.6) is 0 Å². The minimum absolute atomic E-state index is 0.230. The second-order valence-corrected chi connectivity index (χ2v) is 9.52. The molecular weight excluding hydrogens is 457 g/mol. The summed E-state index contributed by atoms with van der Waals surface area (Å²) in [7, 11) is 0. The maximum atomic E-state index is 13.1. The third-order valence-corrected chi connectivity index (χ3v) is 7.36. The number of halogens is 2. The number of hydrogen-bond acceptors (Lipinski definition) is 7. The molecular formula is C23H23ClFNO5S. The van der Waals surface area contributed by atoms with Crippen LogP contribution in [0.15, 0.2) is 48.7 Å². The van der Waals surface area contributed by atoms with E-state index < -0.39 is 42.6 Å². The fraction of sp³-hybridized carbons (Fsp3) is 0.348. The largest absolute Gasteiger partial charge is 0.394 e. The lowest BCUT2D eigenvalue weighted by atomic mass is 9.83. The van der Waals surface area contributed by atoms with E-state index >= 15 is 0 Å². The smallest absolute Gasteiger partial charge is 0.222 e. The molecule has 2 unspecified atom stereocenters. The minimum Gasteiger partial charge on any atom is -0.394 e. The van der Waals surface area contributed by atoms with E-state index in [2.05, 4.69) is 4.98 Å². The number of thiophene rings is 1. The van der Waals surface area contributed by atoms with E-state index in [0.29, 0.717) is 17.0 Å². The Bertz CT molecular complexity index is 1090. The topological polar surface area (TPSA) is 103 Å². The van der Waals surface area contributed by atoms with Crippen LogP contribution in [0.1, 0.15) is 22.9 Å². The zero-order valence-electron chi connectivity index (χ0n) is 17.2. The summed E-state index contributed by atoms with van der Waals surface area (Å²) in [6.45, 7) is 1.22. The van der Waals surface area contributed by atoms with Crippen LogP contribution in [-0.2, 0) is 16.9 Å². The van der Waals surface area contributed by atoms with Gasteiger partial charge in [0.15, 0.2) is 0 Å². The van der Waals surface area contributed by atoms with Gasteiger partial charge >= 0.3 is 0 Å². The van der Waals surface area contributed by atoms with Gasteiger partial charge in [0.1, 0.15) is 6.10 Å². The van der Waals surface area contributed by atoms with E-state index in [0.717, 1.165) is 15.3 Å². The molecule has 1 aliphatic rings. The summed E-state index contributed by atoms with van der Waals surface area (Å²) in [5, 5.41) is 42.1. The van der Waals surface area contributed by atoms with Gasteiger partial charge in [-0.3, -0.25) is 0 Å². The molecule has 0 bridgehead atoms. The zero-order valence-corrected chi connectivity index (χ0v) is 18.7. The van der Waals surface area contributed by atoms with Crippen molar-refractivity contribution in [1.29, 1.82) is 0 Å². The first kappa shape index (κ1) is 23.3. The molecule has 1 aromatic carbocycles. The van der Waals surface area contributed by atoms with E-state index in [1.165, 1.54) is 29.7 Å². The fourth-order valence-corrected chi connectivity index (χ4v) is 5.06. The van der Waals surface area contributed by atoms with Crippen molar-refractivity contribution in [1.82, 2.24) is 4.98 Å². The lowest BCUT2D eigenvalue weighted by molar-refractivity contribution is -0.348. The molecule has 1 fully saturated rings. The standard InChI is InChI=1S/C23H23ClFNO5S/c1-12-18(11-27)31-23(30,22(29)21(12)28)15-3-5-17(24)14(8-15)9-16-4-6-19(32-16)13-2-7-20(25)26-10-13/h2-8,10,12,18,21-22,27-30H,9,11H2,1H3/t12-,18?,21+,22-,23?/m1/s1. The highest BCUT2D eigenvalue weighted by atomic mass is 35.5. The molecule has 1 saturated heterocycles. The molecule has 4 N–H and O–H groups in total. The van der Waals surface area contributed by atoms with E-state index in [4.69, 9.17) is 16.3 Å². The molecule has 0 radical (unpaired) electrons. The van der Waals surface area contributed by atoms with Crippen LogP contribution in [-0.4, -0.2) is 50.3 Å². The molecule has 6 nitrogen and oxygen atoms in total. The Hall–Kier alpha value is -1.91. The van der Waals surface area contributed by atoms with Crippen molar-refractivity contribution < 1.29 is 29.6 Å². The molecule has 170 valence electrons. The van der Waals surface area contributed by atoms with E-state index in [-0.39, 0.29) is 5.56 Å². The van der Waals surface area contributed by atoms with Crippen LogP contribution >= 0.6 is 22.9 Å². The zero-order chi connectivity index (χ0) is 23.0. The van der Waals surface area contributed by atoms with Gasteiger partial charge in [0.05, 0.1) is 18.8 Å². The monoisotopic (exact) mass is 479 g/mol. The Morgan fingerprint density at radius 1 is 1.19 bits per heavy atom. The van der Waals surface area contributed by atoms with Crippen LogP contribution in [0.3, 0.4) is 0 Å². The van der Waals surface area contributed by atoms with E-state index in [1.807, 2.05) is 12.1 Å². The molecule has 32 heavy (non-hydrogen) atoms. The summed E-state index contributed by atoms with van der Waals surface area (Å²) in [6, 6.07) is 11.6. The average molecular weight is 480 g/mol. The van der Waals surface area contributed by atoms with E-state index in [1.54, 1.807) is 25.1 Å². The van der Waals surface area contributed by atoms with Crippen molar-refractivity contribution >= 4 is 22.9 Å². The van der Waals surface area contributed by atoms with Crippen LogP contribution in [0.4, 0.5) is 4.39 Å². The lowest BCUT2D eigenvalue weighted by Gasteiger charge is -2.46. The first-order valence-electron chi connectivity index (χ1n) is 10.1. The maximum absolute atomic E-state index is 13.1. The van der Waals surface area contributed by atoms with Crippen LogP contribution in [0.25, 0.3) is 10.4 Å². The lowest BCUT2D eigenvalue weighted by Crippen LogP contribution is -2.60. The van der Waals surface area contributed by atoms with Crippen molar-refractivity contribution in [2.24, 2.45) is 5.92 Å². The Kier molecular flexibility index (Phi) is 6.65. The summed E-state index contributed by atoms with van der Waals surface area (Å²) in [6.07, 6.45) is -1.81. The molecule has 2 aromatic heterocycles. The van der Waals surface area contributed by atoms with E-state index in [9.17, 15) is 24.8 Å². The normalized spacial score (nSPS) is 28.1. The minimum atomic E-state index is -2.20. The van der Waals surface area contributed by atoms with Gasteiger partial charge in [0.2, 0.25) is 11.7 Å². The van der Waals surface area contributed by atoms with Gasteiger partial charge in [-0.2, -0.15) is 4.39 Å². The molecule has 1 aliphatic heterocycles. The fourth-order valence-electron chi connectivity index (χ4n) is 3.86. The molecule has 0 amide bonds. The summed E-state index contributed by atoms with van der Waals surface area (Å²) in [5.74, 6) is -3.30. The van der Waals surface area contributed by atoms with Crippen molar-refractivity contribution in [2.45, 2.75) is 37.4 Å². The van der Waals surface area contributed by atoms with Gasteiger partial charge in [0.25, 0.3) is 0 Å².